The van der Waals surface area contributed by atoms with Crippen LogP contribution in [0.25, 0.3) is 0 Å². The Morgan fingerprint density at radius 1 is 1.38 bits per heavy atom. The second kappa shape index (κ2) is 8.50. The smallest absolute Gasteiger partial charge is 0.341 e. The number of hydrogen-bond donors (Lipinski definition) is 1. The summed E-state index contributed by atoms with van der Waals surface area (Å²) in [6.45, 7) is 9.06. The number of thiophene rings is 1. The Hall–Kier alpha value is -1.44. The van der Waals surface area contributed by atoms with Crippen molar-refractivity contribution in [2.45, 2.75) is 46.1 Å². The maximum absolute atomic E-state index is 12.8. The zero-order valence-electron chi connectivity index (χ0n) is 15.8. The lowest BCUT2D eigenvalue weighted by molar-refractivity contribution is -0.122. The number of fused-ring (bicyclic) bond motifs is 1. The SMILES string of the molecule is CCOC(=O)c1c(NC(=O)[C@@H](C)N2CCOCC2)sc2c1CC[C@@H](C)C2. The molecule has 1 fully saturated rings. The number of nitrogens with one attached hydrogen (secondary N) is 1. The number of hydrogen-bond acceptors (Lipinski definition) is 6. The standard InChI is InChI=1S/C19H28N2O4S/c1-4-25-19(23)16-14-6-5-12(2)11-15(14)26-18(16)20-17(22)13(3)21-7-9-24-10-8-21/h12-13H,4-11H2,1-3H3,(H,20,22)/t12-,13-/m1/s1. The Bertz CT molecular complexity index is 667. The predicted molar refractivity (Wildman–Crippen MR) is 102 cm³/mol. The molecule has 1 aliphatic carbocycles. The molecule has 1 aromatic heterocycles. The highest BCUT2D eigenvalue weighted by molar-refractivity contribution is 7.17. The summed E-state index contributed by atoms with van der Waals surface area (Å²) in [5.74, 6) is 0.199. The summed E-state index contributed by atoms with van der Waals surface area (Å²) in [5, 5.41) is 3.66. The molecule has 6 nitrogen and oxygen atoms in total. The first-order valence-corrected chi connectivity index (χ1v) is 10.3. The number of morpholine rings is 1. The molecule has 1 N–H and O–H groups in total. The van der Waals surface area contributed by atoms with Crippen LogP contribution in [0.5, 0.6) is 0 Å². The van der Waals surface area contributed by atoms with E-state index in [2.05, 4.69) is 17.1 Å². The Kier molecular flexibility index (Phi) is 6.32. The van der Waals surface area contributed by atoms with Gasteiger partial charge in [0.2, 0.25) is 5.91 Å². The Morgan fingerprint density at radius 2 is 2.12 bits per heavy atom. The van der Waals surface area contributed by atoms with Crippen LogP contribution in [0, 0.1) is 5.92 Å². The molecule has 0 saturated carbocycles. The van der Waals surface area contributed by atoms with Crippen LogP contribution in [0.1, 0.15) is 48.0 Å². The van der Waals surface area contributed by atoms with E-state index in [1.54, 1.807) is 6.92 Å². The van der Waals surface area contributed by atoms with Crippen LogP contribution >= 0.6 is 11.3 Å². The van der Waals surface area contributed by atoms with Gasteiger partial charge in [-0.25, -0.2) is 4.79 Å². The van der Waals surface area contributed by atoms with E-state index in [1.807, 2.05) is 6.92 Å². The van der Waals surface area contributed by atoms with Crippen molar-refractivity contribution in [1.82, 2.24) is 4.90 Å². The minimum Gasteiger partial charge on any atom is -0.462 e. The van der Waals surface area contributed by atoms with Gasteiger partial charge in [0.15, 0.2) is 0 Å². The number of ether oxygens (including phenoxy) is 2. The first-order chi connectivity index (χ1) is 12.5. The highest BCUT2D eigenvalue weighted by Gasteiger charge is 2.31. The second-order valence-electron chi connectivity index (χ2n) is 7.09. The molecule has 1 aromatic rings. The zero-order valence-corrected chi connectivity index (χ0v) is 16.6. The molecule has 0 spiro atoms. The van der Waals surface area contributed by atoms with Gasteiger partial charge in [-0.15, -0.1) is 11.3 Å². The van der Waals surface area contributed by atoms with E-state index in [9.17, 15) is 9.59 Å². The summed E-state index contributed by atoms with van der Waals surface area (Å²) in [6, 6.07) is -0.257. The van der Waals surface area contributed by atoms with Crippen molar-refractivity contribution in [3.63, 3.8) is 0 Å². The molecule has 3 rings (SSSR count). The fourth-order valence-electron chi connectivity index (χ4n) is 3.60. The van der Waals surface area contributed by atoms with Crippen molar-refractivity contribution in [2.24, 2.45) is 5.92 Å². The average molecular weight is 381 g/mol. The maximum atomic E-state index is 12.8. The van der Waals surface area contributed by atoms with E-state index in [0.717, 1.165) is 37.9 Å². The summed E-state index contributed by atoms with van der Waals surface area (Å²) in [4.78, 5) is 28.6. The lowest BCUT2D eigenvalue weighted by Gasteiger charge is -2.31. The van der Waals surface area contributed by atoms with Gasteiger partial charge in [0, 0.05) is 18.0 Å². The summed E-state index contributed by atoms with van der Waals surface area (Å²) in [6.07, 6.45) is 2.89. The van der Waals surface area contributed by atoms with Gasteiger partial charge in [0.25, 0.3) is 0 Å². The summed E-state index contributed by atoms with van der Waals surface area (Å²) in [5.41, 5.74) is 1.64. The van der Waals surface area contributed by atoms with Gasteiger partial charge in [-0.2, -0.15) is 0 Å². The number of anilines is 1. The van der Waals surface area contributed by atoms with Crippen LogP contribution < -0.4 is 5.32 Å². The van der Waals surface area contributed by atoms with Crippen LogP contribution in [0.15, 0.2) is 0 Å². The van der Waals surface area contributed by atoms with Crippen molar-refractivity contribution in [3.8, 4) is 0 Å². The minimum atomic E-state index is -0.325. The molecular weight excluding hydrogens is 352 g/mol. The van der Waals surface area contributed by atoms with E-state index < -0.39 is 0 Å². The molecule has 144 valence electrons. The fourth-order valence-corrected chi connectivity index (χ4v) is 5.01. The molecule has 2 aliphatic rings. The van der Waals surface area contributed by atoms with E-state index in [0.29, 0.717) is 36.3 Å². The monoisotopic (exact) mass is 380 g/mol. The molecule has 26 heavy (non-hydrogen) atoms. The van der Waals surface area contributed by atoms with Crippen LogP contribution in [0.3, 0.4) is 0 Å². The first-order valence-electron chi connectivity index (χ1n) is 9.45. The van der Waals surface area contributed by atoms with Crippen LogP contribution in [0.2, 0.25) is 0 Å². The Morgan fingerprint density at radius 3 is 2.81 bits per heavy atom. The highest BCUT2D eigenvalue weighted by Crippen LogP contribution is 2.40. The highest BCUT2D eigenvalue weighted by atomic mass is 32.1. The molecule has 0 aromatic carbocycles. The number of carbonyl (C=O) groups excluding carboxylic acids is 2. The number of carbonyl (C=O) groups is 2. The van der Waals surface area contributed by atoms with Gasteiger partial charge in [-0.3, -0.25) is 9.69 Å². The van der Waals surface area contributed by atoms with Crippen molar-refractivity contribution in [3.05, 3.63) is 16.0 Å². The van der Waals surface area contributed by atoms with Gasteiger partial charge < -0.3 is 14.8 Å². The third-order valence-corrected chi connectivity index (χ3v) is 6.37. The number of rotatable bonds is 5. The Balaban J connectivity index is 1.81. The number of esters is 1. The van der Waals surface area contributed by atoms with Crippen molar-refractivity contribution in [2.75, 3.05) is 38.2 Å². The van der Waals surface area contributed by atoms with E-state index >= 15 is 0 Å². The third-order valence-electron chi connectivity index (χ3n) is 5.20. The summed E-state index contributed by atoms with van der Waals surface area (Å²) >= 11 is 1.54. The fraction of sp³-hybridized carbons (Fsp3) is 0.684. The molecule has 7 heteroatoms. The lowest BCUT2D eigenvalue weighted by atomic mass is 9.88. The maximum Gasteiger partial charge on any atom is 0.341 e. The van der Waals surface area contributed by atoms with Crippen LogP contribution in [-0.4, -0.2) is 55.7 Å². The Labute approximate surface area is 158 Å². The second-order valence-corrected chi connectivity index (χ2v) is 8.20. The van der Waals surface area contributed by atoms with Gasteiger partial charge in [-0.05, 0) is 44.6 Å². The van der Waals surface area contributed by atoms with Crippen molar-refractivity contribution in [1.29, 1.82) is 0 Å². The molecule has 1 aliphatic heterocycles. The largest absolute Gasteiger partial charge is 0.462 e. The van der Waals surface area contributed by atoms with Crippen LogP contribution in [0.4, 0.5) is 5.00 Å². The lowest BCUT2D eigenvalue weighted by Crippen LogP contribution is -2.47. The third kappa shape index (κ3) is 4.10. The van der Waals surface area contributed by atoms with Crippen molar-refractivity contribution >= 4 is 28.2 Å². The van der Waals surface area contributed by atoms with Gasteiger partial charge in [0.1, 0.15) is 5.00 Å². The van der Waals surface area contributed by atoms with E-state index in [4.69, 9.17) is 9.47 Å². The minimum absolute atomic E-state index is 0.0795. The number of nitrogens with zero attached hydrogens (tertiary/aromatic N) is 1. The molecule has 0 bridgehead atoms. The molecule has 0 radical (unpaired) electrons. The molecule has 0 unspecified atom stereocenters. The van der Waals surface area contributed by atoms with Crippen molar-refractivity contribution < 1.29 is 19.1 Å². The summed E-state index contributed by atoms with van der Waals surface area (Å²) < 4.78 is 10.6. The number of amides is 1. The topological polar surface area (TPSA) is 67.9 Å². The quantitative estimate of drug-likeness (QED) is 0.796. The van der Waals surface area contributed by atoms with E-state index in [-0.39, 0.29) is 17.9 Å². The molecule has 1 amide bonds. The molecule has 1 saturated heterocycles. The predicted octanol–water partition coefficient (Wildman–Crippen LogP) is 2.71. The van der Waals surface area contributed by atoms with Gasteiger partial charge in [-0.1, -0.05) is 6.92 Å². The molecule has 2 atom stereocenters. The molecule has 2 heterocycles. The van der Waals surface area contributed by atoms with Gasteiger partial charge >= 0.3 is 5.97 Å². The van der Waals surface area contributed by atoms with E-state index in [1.165, 1.54) is 16.2 Å². The zero-order chi connectivity index (χ0) is 18.7. The average Bonchev–Trinajstić information content (AvgIpc) is 2.98. The molecular formula is C19H28N2O4S. The normalized spacial score (nSPS) is 21.7. The van der Waals surface area contributed by atoms with Gasteiger partial charge in [0.05, 0.1) is 31.4 Å². The first kappa shape index (κ1) is 19.3. The van der Waals surface area contributed by atoms with Crippen LogP contribution in [-0.2, 0) is 27.1 Å². The summed E-state index contributed by atoms with van der Waals surface area (Å²) in [7, 11) is 0.